The number of hydrogen-bond donors (Lipinski definition) is 2. The third-order valence-corrected chi connectivity index (χ3v) is 4.12. The maximum absolute atomic E-state index is 12.5. The van der Waals surface area contributed by atoms with Crippen LogP contribution in [0.1, 0.15) is 60.9 Å². The van der Waals surface area contributed by atoms with Crippen LogP contribution in [-0.2, 0) is 0 Å². The summed E-state index contributed by atoms with van der Waals surface area (Å²) >= 11 is 0. The summed E-state index contributed by atoms with van der Waals surface area (Å²) < 4.78 is 5.19. The Labute approximate surface area is 160 Å². The van der Waals surface area contributed by atoms with Gasteiger partial charge in [-0.15, -0.1) is 0 Å². The predicted molar refractivity (Wildman–Crippen MR) is 109 cm³/mol. The Bertz CT molecular complexity index is 735. The average molecular weight is 371 g/mol. The van der Waals surface area contributed by atoms with Crippen molar-refractivity contribution in [1.82, 2.24) is 5.32 Å². The SMILES string of the molecule is CCCNC(=O)c1ccc(N(CCC)CCC)c(NC(=O)c2ccco2)c1. The zero-order valence-electron chi connectivity index (χ0n) is 16.4. The fourth-order valence-electron chi connectivity index (χ4n) is 2.88. The van der Waals surface area contributed by atoms with Gasteiger partial charge in [0.1, 0.15) is 0 Å². The number of carbonyl (C=O) groups is 2. The standard InChI is InChI=1S/C21H29N3O3/c1-4-11-22-20(25)16-9-10-18(24(12-5-2)13-6-3)17(15-16)23-21(26)19-8-7-14-27-19/h7-10,14-15H,4-6,11-13H2,1-3H3,(H,22,25)(H,23,26). The lowest BCUT2D eigenvalue weighted by atomic mass is 10.1. The Kier molecular flexibility index (Phi) is 7.92. The Balaban J connectivity index is 2.35. The van der Waals surface area contributed by atoms with Crippen LogP contribution in [0.3, 0.4) is 0 Å². The summed E-state index contributed by atoms with van der Waals surface area (Å²) in [6.45, 7) is 8.61. The van der Waals surface area contributed by atoms with Crippen molar-refractivity contribution in [2.24, 2.45) is 0 Å². The van der Waals surface area contributed by atoms with Crippen LogP contribution < -0.4 is 15.5 Å². The van der Waals surface area contributed by atoms with Crippen LogP contribution in [0.4, 0.5) is 11.4 Å². The van der Waals surface area contributed by atoms with Gasteiger partial charge in [0.15, 0.2) is 5.76 Å². The molecule has 0 unspecified atom stereocenters. The molecule has 1 aromatic carbocycles. The van der Waals surface area contributed by atoms with E-state index in [1.807, 2.05) is 13.0 Å². The first-order valence-electron chi connectivity index (χ1n) is 9.62. The summed E-state index contributed by atoms with van der Waals surface area (Å²) in [4.78, 5) is 27.1. The van der Waals surface area contributed by atoms with Gasteiger partial charge in [-0.1, -0.05) is 20.8 Å². The maximum Gasteiger partial charge on any atom is 0.291 e. The van der Waals surface area contributed by atoms with E-state index in [1.54, 1.807) is 24.3 Å². The van der Waals surface area contributed by atoms with Crippen LogP contribution >= 0.6 is 0 Å². The van der Waals surface area contributed by atoms with Gasteiger partial charge < -0.3 is 20.0 Å². The van der Waals surface area contributed by atoms with Crippen molar-refractivity contribution in [1.29, 1.82) is 0 Å². The number of carbonyl (C=O) groups excluding carboxylic acids is 2. The molecule has 0 saturated heterocycles. The van der Waals surface area contributed by atoms with Gasteiger partial charge in [0, 0.05) is 25.2 Å². The van der Waals surface area contributed by atoms with Crippen molar-refractivity contribution in [2.75, 3.05) is 29.9 Å². The summed E-state index contributed by atoms with van der Waals surface area (Å²) in [5.41, 5.74) is 2.04. The van der Waals surface area contributed by atoms with E-state index in [0.717, 1.165) is 38.0 Å². The zero-order chi connectivity index (χ0) is 19.6. The number of benzene rings is 1. The van der Waals surface area contributed by atoms with E-state index in [4.69, 9.17) is 4.42 Å². The number of nitrogens with zero attached hydrogens (tertiary/aromatic N) is 1. The molecule has 6 nitrogen and oxygen atoms in total. The Morgan fingerprint density at radius 1 is 1.00 bits per heavy atom. The molecule has 2 N–H and O–H groups in total. The first-order chi connectivity index (χ1) is 13.1. The molecule has 0 aliphatic rings. The molecule has 1 aromatic heterocycles. The second-order valence-electron chi connectivity index (χ2n) is 6.41. The quantitative estimate of drug-likeness (QED) is 0.653. The second-order valence-corrected chi connectivity index (χ2v) is 6.41. The highest BCUT2D eigenvalue weighted by Gasteiger charge is 2.17. The monoisotopic (exact) mass is 371 g/mol. The molecule has 6 heteroatoms. The first-order valence-corrected chi connectivity index (χ1v) is 9.62. The Morgan fingerprint density at radius 2 is 1.74 bits per heavy atom. The lowest BCUT2D eigenvalue weighted by molar-refractivity contribution is 0.0951. The van der Waals surface area contributed by atoms with Crippen LogP contribution in [0.25, 0.3) is 0 Å². The molecule has 2 rings (SSSR count). The molecule has 0 aliphatic heterocycles. The van der Waals surface area contributed by atoms with Crippen LogP contribution in [0.2, 0.25) is 0 Å². The van der Waals surface area contributed by atoms with E-state index in [1.165, 1.54) is 6.26 Å². The fraction of sp³-hybridized carbons (Fsp3) is 0.429. The summed E-state index contributed by atoms with van der Waals surface area (Å²) in [6, 6.07) is 8.73. The smallest absolute Gasteiger partial charge is 0.291 e. The van der Waals surface area contributed by atoms with Crippen molar-refractivity contribution in [3.05, 3.63) is 47.9 Å². The van der Waals surface area contributed by atoms with Gasteiger partial charge in [-0.05, 0) is 49.6 Å². The molecule has 27 heavy (non-hydrogen) atoms. The summed E-state index contributed by atoms with van der Waals surface area (Å²) in [5.74, 6) is -0.242. The summed E-state index contributed by atoms with van der Waals surface area (Å²) in [6.07, 6.45) is 4.31. The Hall–Kier alpha value is -2.76. The van der Waals surface area contributed by atoms with Gasteiger partial charge in [-0.3, -0.25) is 9.59 Å². The topological polar surface area (TPSA) is 74.6 Å². The van der Waals surface area contributed by atoms with Gasteiger partial charge in [0.2, 0.25) is 0 Å². The van der Waals surface area contributed by atoms with Gasteiger partial charge in [-0.2, -0.15) is 0 Å². The molecular weight excluding hydrogens is 342 g/mol. The third kappa shape index (κ3) is 5.61. The molecule has 0 saturated carbocycles. The van der Waals surface area contributed by atoms with Gasteiger partial charge in [0.25, 0.3) is 11.8 Å². The average Bonchev–Trinajstić information content (AvgIpc) is 3.21. The van der Waals surface area contributed by atoms with Crippen LogP contribution in [0.5, 0.6) is 0 Å². The molecule has 2 aromatic rings. The number of rotatable bonds is 10. The molecule has 0 fully saturated rings. The highest BCUT2D eigenvalue weighted by molar-refractivity contribution is 6.05. The summed E-state index contributed by atoms with van der Waals surface area (Å²) in [5, 5.41) is 5.78. The molecular formula is C21H29N3O3. The minimum Gasteiger partial charge on any atom is -0.459 e. The molecule has 1 heterocycles. The maximum atomic E-state index is 12.5. The fourth-order valence-corrected chi connectivity index (χ4v) is 2.88. The lowest BCUT2D eigenvalue weighted by Gasteiger charge is -2.26. The van der Waals surface area contributed by atoms with E-state index in [2.05, 4.69) is 29.4 Å². The normalized spacial score (nSPS) is 10.5. The highest BCUT2D eigenvalue weighted by Crippen LogP contribution is 2.28. The van der Waals surface area contributed by atoms with Gasteiger partial charge in [-0.25, -0.2) is 0 Å². The van der Waals surface area contributed by atoms with E-state index in [9.17, 15) is 9.59 Å². The molecule has 2 amide bonds. The van der Waals surface area contributed by atoms with Crippen molar-refractivity contribution in [3.8, 4) is 0 Å². The lowest BCUT2D eigenvalue weighted by Crippen LogP contribution is -2.28. The zero-order valence-corrected chi connectivity index (χ0v) is 16.4. The molecule has 0 atom stereocenters. The number of anilines is 2. The van der Waals surface area contributed by atoms with E-state index in [-0.39, 0.29) is 17.6 Å². The number of amides is 2. The van der Waals surface area contributed by atoms with Crippen LogP contribution in [0.15, 0.2) is 41.0 Å². The van der Waals surface area contributed by atoms with Crippen molar-refractivity contribution >= 4 is 23.2 Å². The van der Waals surface area contributed by atoms with Crippen molar-refractivity contribution in [3.63, 3.8) is 0 Å². The number of nitrogens with one attached hydrogen (secondary N) is 2. The largest absolute Gasteiger partial charge is 0.459 e. The van der Waals surface area contributed by atoms with E-state index < -0.39 is 0 Å². The van der Waals surface area contributed by atoms with E-state index >= 15 is 0 Å². The van der Waals surface area contributed by atoms with E-state index in [0.29, 0.717) is 17.8 Å². The van der Waals surface area contributed by atoms with Crippen molar-refractivity contribution < 1.29 is 14.0 Å². The van der Waals surface area contributed by atoms with Crippen molar-refractivity contribution in [2.45, 2.75) is 40.0 Å². The van der Waals surface area contributed by atoms with Crippen LogP contribution in [0, 0.1) is 0 Å². The molecule has 0 spiro atoms. The minimum absolute atomic E-state index is 0.144. The molecule has 0 bridgehead atoms. The number of furan rings is 1. The predicted octanol–water partition coefficient (Wildman–Crippen LogP) is 4.30. The number of hydrogen-bond acceptors (Lipinski definition) is 4. The summed E-state index contributed by atoms with van der Waals surface area (Å²) in [7, 11) is 0. The Morgan fingerprint density at radius 3 is 2.33 bits per heavy atom. The first kappa shape index (κ1) is 20.6. The molecule has 0 aliphatic carbocycles. The van der Waals surface area contributed by atoms with Gasteiger partial charge in [0.05, 0.1) is 17.6 Å². The van der Waals surface area contributed by atoms with Gasteiger partial charge >= 0.3 is 0 Å². The van der Waals surface area contributed by atoms with Crippen LogP contribution in [-0.4, -0.2) is 31.4 Å². The second kappa shape index (κ2) is 10.4. The molecule has 0 radical (unpaired) electrons. The highest BCUT2D eigenvalue weighted by atomic mass is 16.3. The third-order valence-electron chi connectivity index (χ3n) is 4.12. The molecule has 146 valence electrons. The minimum atomic E-state index is -0.333.